The van der Waals surface area contributed by atoms with Crippen LogP contribution in [0.25, 0.3) is 0 Å². The summed E-state index contributed by atoms with van der Waals surface area (Å²) in [5.74, 6) is 0. The van der Waals surface area contributed by atoms with Crippen LogP contribution in [-0.2, 0) is 13.0 Å². The van der Waals surface area contributed by atoms with Crippen LogP contribution in [0.3, 0.4) is 0 Å². The first-order valence-electron chi connectivity index (χ1n) is 8.98. The summed E-state index contributed by atoms with van der Waals surface area (Å²) >= 11 is 0. The molecule has 130 valence electrons. The summed E-state index contributed by atoms with van der Waals surface area (Å²) in [4.78, 5) is 2.19. The van der Waals surface area contributed by atoms with Crippen LogP contribution >= 0.6 is 0 Å². The molecule has 4 nitrogen and oxygen atoms in total. The Bertz CT molecular complexity index is 741. The number of hydrogen-bond donors (Lipinski definition) is 2. The van der Waals surface area contributed by atoms with Crippen molar-refractivity contribution >= 4 is 11.4 Å². The highest BCUT2D eigenvalue weighted by molar-refractivity contribution is 5.65. The van der Waals surface area contributed by atoms with Crippen LogP contribution in [0.4, 0.5) is 11.4 Å². The molecule has 0 amide bonds. The zero-order chi connectivity index (χ0) is 17.6. The number of aryl methyl sites for hydroxylation is 1. The van der Waals surface area contributed by atoms with Gasteiger partial charge in [-0.1, -0.05) is 31.2 Å². The first kappa shape index (κ1) is 17.3. The highest BCUT2D eigenvalue weighted by atomic mass is 16.3. The van der Waals surface area contributed by atoms with Gasteiger partial charge in [0.2, 0.25) is 0 Å². The third kappa shape index (κ3) is 4.32. The van der Waals surface area contributed by atoms with Crippen LogP contribution in [-0.4, -0.2) is 24.3 Å². The largest absolute Gasteiger partial charge is 0.393 e. The summed E-state index contributed by atoms with van der Waals surface area (Å²) in [5, 5.41) is 22.6. The summed E-state index contributed by atoms with van der Waals surface area (Å²) in [6.07, 6.45) is 2.37. The number of aliphatic hydroxyl groups is 1. The van der Waals surface area contributed by atoms with Gasteiger partial charge in [0.1, 0.15) is 6.07 Å². The zero-order valence-corrected chi connectivity index (χ0v) is 14.7. The molecule has 1 fully saturated rings. The molecule has 0 atom stereocenters. The molecule has 0 bridgehead atoms. The summed E-state index contributed by atoms with van der Waals surface area (Å²) in [6, 6.07) is 16.9. The average Bonchev–Trinajstić information content (AvgIpc) is 2.67. The minimum atomic E-state index is -0.207. The summed E-state index contributed by atoms with van der Waals surface area (Å²) in [7, 11) is 0. The van der Waals surface area contributed by atoms with Gasteiger partial charge in [-0.25, -0.2) is 0 Å². The number of nitrogens with one attached hydrogen (secondary N) is 1. The summed E-state index contributed by atoms with van der Waals surface area (Å²) in [6.45, 7) is 4.49. The molecule has 1 heterocycles. The van der Waals surface area contributed by atoms with E-state index in [0.29, 0.717) is 5.56 Å². The molecule has 0 aromatic heterocycles. The Morgan fingerprint density at radius 2 is 1.80 bits per heavy atom. The maximum Gasteiger partial charge on any atom is 0.101 e. The Labute approximate surface area is 149 Å². The van der Waals surface area contributed by atoms with E-state index in [1.165, 1.54) is 11.1 Å². The molecule has 2 aromatic carbocycles. The van der Waals surface area contributed by atoms with Gasteiger partial charge in [0.05, 0.1) is 17.4 Å². The highest BCUT2D eigenvalue weighted by Crippen LogP contribution is 2.27. The fourth-order valence-corrected chi connectivity index (χ4v) is 3.22. The van der Waals surface area contributed by atoms with Crippen LogP contribution in [0.5, 0.6) is 0 Å². The van der Waals surface area contributed by atoms with Crippen molar-refractivity contribution in [3.8, 4) is 6.07 Å². The lowest BCUT2D eigenvalue weighted by molar-refractivity contribution is 0.145. The second-order valence-corrected chi connectivity index (χ2v) is 6.59. The van der Waals surface area contributed by atoms with Crippen LogP contribution < -0.4 is 10.2 Å². The lowest BCUT2D eigenvalue weighted by atomic mass is 10.0. The third-order valence-electron chi connectivity index (χ3n) is 4.85. The van der Waals surface area contributed by atoms with Crippen molar-refractivity contribution < 1.29 is 5.11 Å². The van der Waals surface area contributed by atoms with Crippen molar-refractivity contribution in [1.29, 1.82) is 5.26 Å². The monoisotopic (exact) mass is 335 g/mol. The van der Waals surface area contributed by atoms with Gasteiger partial charge < -0.3 is 15.3 Å². The van der Waals surface area contributed by atoms with E-state index in [2.05, 4.69) is 47.5 Å². The zero-order valence-electron chi connectivity index (χ0n) is 14.7. The van der Waals surface area contributed by atoms with Gasteiger partial charge in [0.15, 0.2) is 0 Å². The topological polar surface area (TPSA) is 59.3 Å². The molecule has 3 rings (SSSR count). The first-order chi connectivity index (χ1) is 12.2. The van der Waals surface area contributed by atoms with Gasteiger partial charge >= 0.3 is 0 Å². The predicted molar refractivity (Wildman–Crippen MR) is 102 cm³/mol. The summed E-state index contributed by atoms with van der Waals surface area (Å²) in [5.41, 5.74) is 5.17. The van der Waals surface area contributed by atoms with Crippen LogP contribution in [0.1, 0.15) is 36.5 Å². The van der Waals surface area contributed by atoms with Crippen LogP contribution in [0, 0.1) is 11.3 Å². The number of piperidine rings is 1. The maximum atomic E-state index is 9.65. The fraction of sp³-hybridized carbons (Fsp3) is 0.381. The predicted octanol–water partition coefficient (Wildman–Crippen LogP) is 3.69. The number of hydrogen-bond acceptors (Lipinski definition) is 4. The van der Waals surface area contributed by atoms with E-state index in [1.807, 2.05) is 18.2 Å². The number of aliphatic hydroxyl groups excluding tert-OH is 1. The van der Waals surface area contributed by atoms with Gasteiger partial charge in [-0.15, -0.1) is 0 Å². The summed E-state index contributed by atoms with van der Waals surface area (Å²) < 4.78 is 0. The van der Waals surface area contributed by atoms with E-state index >= 15 is 0 Å². The SMILES string of the molecule is CCc1ccc(CNc2ccc(N3CCC(O)CC3)c(C#N)c2)cc1. The lowest BCUT2D eigenvalue weighted by Crippen LogP contribution is -2.36. The number of nitriles is 1. The second kappa shape index (κ2) is 8.04. The fourth-order valence-electron chi connectivity index (χ4n) is 3.22. The van der Waals surface area contributed by atoms with E-state index in [1.54, 1.807) is 0 Å². The number of anilines is 2. The van der Waals surface area contributed by atoms with Crippen molar-refractivity contribution in [3.05, 3.63) is 59.2 Å². The van der Waals surface area contributed by atoms with Gasteiger partial charge in [-0.2, -0.15) is 5.26 Å². The lowest BCUT2D eigenvalue weighted by Gasteiger charge is -2.32. The number of nitrogens with zero attached hydrogens (tertiary/aromatic N) is 2. The molecule has 1 aliphatic rings. The van der Waals surface area contributed by atoms with Crippen LogP contribution in [0.15, 0.2) is 42.5 Å². The quantitative estimate of drug-likeness (QED) is 0.875. The molecule has 0 aliphatic carbocycles. The Morgan fingerprint density at radius 1 is 1.12 bits per heavy atom. The van der Waals surface area contributed by atoms with E-state index in [-0.39, 0.29) is 6.10 Å². The average molecular weight is 335 g/mol. The molecule has 0 saturated carbocycles. The van der Waals surface area contributed by atoms with Gasteiger partial charge in [0, 0.05) is 25.3 Å². The van der Waals surface area contributed by atoms with Gasteiger partial charge in [0.25, 0.3) is 0 Å². The van der Waals surface area contributed by atoms with Gasteiger partial charge in [-0.05, 0) is 48.6 Å². The highest BCUT2D eigenvalue weighted by Gasteiger charge is 2.19. The minimum Gasteiger partial charge on any atom is -0.393 e. The molecule has 0 unspecified atom stereocenters. The Morgan fingerprint density at radius 3 is 2.44 bits per heavy atom. The van der Waals surface area contributed by atoms with Crippen molar-refractivity contribution in [2.75, 3.05) is 23.3 Å². The van der Waals surface area contributed by atoms with Crippen LogP contribution in [0.2, 0.25) is 0 Å². The van der Waals surface area contributed by atoms with Crippen molar-refractivity contribution in [1.82, 2.24) is 0 Å². The molecular formula is C21H25N3O. The first-order valence-corrected chi connectivity index (χ1v) is 8.98. The number of rotatable bonds is 5. The molecule has 0 spiro atoms. The molecule has 1 aliphatic heterocycles. The maximum absolute atomic E-state index is 9.65. The Kier molecular flexibility index (Phi) is 5.57. The van der Waals surface area contributed by atoms with E-state index in [4.69, 9.17) is 0 Å². The molecule has 0 radical (unpaired) electrons. The molecule has 4 heteroatoms. The smallest absolute Gasteiger partial charge is 0.101 e. The standard InChI is InChI=1S/C21H25N3O/c1-2-16-3-5-17(6-4-16)15-23-19-7-8-21(18(13-19)14-22)24-11-9-20(25)10-12-24/h3-8,13,20,23,25H,2,9-12,15H2,1H3. The molecular weight excluding hydrogens is 310 g/mol. The van der Waals surface area contributed by atoms with E-state index in [9.17, 15) is 10.4 Å². The third-order valence-corrected chi connectivity index (χ3v) is 4.85. The van der Waals surface area contributed by atoms with Crippen molar-refractivity contribution in [3.63, 3.8) is 0 Å². The molecule has 1 saturated heterocycles. The second-order valence-electron chi connectivity index (χ2n) is 6.59. The minimum absolute atomic E-state index is 0.207. The van der Waals surface area contributed by atoms with E-state index in [0.717, 1.165) is 50.3 Å². The Hall–Kier alpha value is -2.51. The van der Waals surface area contributed by atoms with E-state index < -0.39 is 0 Å². The normalized spacial score (nSPS) is 15.0. The molecule has 2 N–H and O–H groups in total. The molecule has 2 aromatic rings. The van der Waals surface area contributed by atoms with Crippen molar-refractivity contribution in [2.45, 2.75) is 38.8 Å². The van der Waals surface area contributed by atoms with Gasteiger partial charge in [-0.3, -0.25) is 0 Å². The van der Waals surface area contributed by atoms with Crippen molar-refractivity contribution in [2.24, 2.45) is 0 Å². The molecule has 25 heavy (non-hydrogen) atoms. The Balaban J connectivity index is 1.67. The number of benzene rings is 2.